The first-order chi connectivity index (χ1) is 15.5. The van der Waals surface area contributed by atoms with Gasteiger partial charge in [0.1, 0.15) is 17.1 Å². The highest BCUT2D eigenvalue weighted by Gasteiger charge is 2.27. The van der Waals surface area contributed by atoms with Crippen molar-refractivity contribution in [2.45, 2.75) is 38.6 Å². The van der Waals surface area contributed by atoms with Crippen LogP contribution in [0.25, 0.3) is 0 Å². The largest absolute Gasteiger partial charge is 0.496 e. The van der Waals surface area contributed by atoms with Crippen molar-refractivity contribution in [1.29, 1.82) is 0 Å². The molecule has 0 bridgehead atoms. The lowest BCUT2D eigenvalue weighted by Gasteiger charge is -2.33. The summed E-state index contributed by atoms with van der Waals surface area (Å²) in [5.74, 6) is 1.10. The van der Waals surface area contributed by atoms with Gasteiger partial charge in [0, 0.05) is 30.5 Å². The summed E-state index contributed by atoms with van der Waals surface area (Å²) < 4.78 is 10.7. The number of benzene rings is 2. The Kier molecular flexibility index (Phi) is 6.53. The number of methoxy groups -OCH3 is 2. The normalized spacial score (nSPS) is 16.4. The number of nitrogens with zero attached hydrogens (tertiary/aromatic N) is 1. The van der Waals surface area contributed by atoms with E-state index in [1.54, 1.807) is 24.3 Å². The van der Waals surface area contributed by atoms with Gasteiger partial charge >= 0.3 is 0 Å². The maximum absolute atomic E-state index is 13.1. The molecule has 0 atom stereocenters. The molecule has 2 N–H and O–H groups in total. The number of anilines is 2. The van der Waals surface area contributed by atoms with Gasteiger partial charge in [-0.15, -0.1) is 0 Å². The summed E-state index contributed by atoms with van der Waals surface area (Å²) in [4.78, 5) is 28.4. The van der Waals surface area contributed by atoms with Gasteiger partial charge in [0.2, 0.25) is 0 Å². The van der Waals surface area contributed by atoms with Crippen molar-refractivity contribution in [1.82, 2.24) is 5.32 Å². The van der Waals surface area contributed by atoms with Crippen molar-refractivity contribution in [3.05, 3.63) is 47.5 Å². The minimum atomic E-state index is -0.354. The monoisotopic (exact) mass is 437 g/mol. The lowest BCUT2D eigenvalue weighted by molar-refractivity contribution is 0.0949. The molecular formula is C25H31N3O4. The van der Waals surface area contributed by atoms with Gasteiger partial charge in [0.25, 0.3) is 11.8 Å². The second kappa shape index (κ2) is 9.51. The zero-order chi connectivity index (χ0) is 22.7. The number of hydrogen-bond donors (Lipinski definition) is 2. The van der Waals surface area contributed by atoms with Crippen LogP contribution in [0.3, 0.4) is 0 Å². The molecule has 0 aromatic heterocycles. The Balaban J connectivity index is 1.62. The van der Waals surface area contributed by atoms with Crippen LogP contribution in [0.2, 0.25) is 0 Å². The number of ether oxygens (including phenoxy) is 2. The van der Waals surface area contributed by atoms with E-state index in [1.807, 2.05) is 12.1 Å². The van der Waals surface area contributed by atoms with Gasteiger partial charge in [-0.3, -0.25) is 9.59 Å². The highest BCUT2D eigenvalue weighted by molar-refractivity contribution is 6.09. The Morgan fingerprint density at radius 3 is 2.19 bits per heavy atom. The maximum Gasteiger partial charge on any atom is 0.263 e. The molecule has 2 aromatic rings. The first-order valence-electron chi connectivity index (χ1n) is 11.2. The number of amides is 2. The van der Waals surface area contributed by atoms with E-state index in [9.17, 15) is 9.59 Å². The summed E-state index contributed by atoms with van der Waals surface area (Å²) in [7, 11) is 3.03. The summed E-state index contributed by atoms with van der Waals surface area (Å²) in [5.41, 5.74) is 2.38. The van der Waals surface area contributed by atoms with Crippen molar-refractivity contribution in [2.24, 2.45) is 5.92 Å². The van der Waals surface area contributed by atoms with Crippen LogP contribution >= 0.6 is 0 Å². The topological polar surface area (TPSA) is 79.9 Å². The fraction of sp³-hybridized carbons (Fsp3) is 0.440. The highest BCUT2D eigenvalue weighted by Crippen LogP contribution is 2.32. The lowest BCUT2D eigenvalue weighted by atomic mass is 9.97. The van der Waals surface area contributed by atoms with Gasteiger partial charge in [-0.2, -0.15) is 0 Å². The van der Waals surface area contributed by atoms with E-state index >= 15 is 0 Å². The maximum atomic E-state index is 13.1. The minimum absolute atomic E-state index is 0.0907. The van der Waals surface area contributed by atoms with E-state index < -0.39 is 0 Å². The molecule has 2 aromatic carbocycles. The van der Waals surface area contributed by atoms with Crippen LogP contribution in [0.5, 0.6) is 11.5 Å². The fourth-order valence-electron chi connectivity index (χ4n) is 4.08. The third kappa shape index (κ3) is 4.82. The molecule has 7 heteroatoms. The van der Waals surface area contributed by atoms with Crippen LogP contribution in [0.15, 0.2) is 36.4 Å². The third-order valence-electron chi connectivity index (χ3n) is 6.19. The third-order valence-corrected chi connectivity index (χ3v) is 6.19. The van der Waals surface area contributed by atoms with Crippen molar-refractivity contribution in [3.8, 4) is 11.5 Å². The minimum Gasteiger partial charge on any atom is -0.496 e. The molecule has 1 heterocycles. The van der Waals surface area contributed by atoms with Crippen LogP contribution in [0.4, 0.5) is 11.4 Å². The summed E-state index contributed by atoms with van der Waals surface area (Å²) in [6.07, 6.45) is 4.25. The summed E-state index contributed by atoms with van der Waals surface area (Å²) in [5, 5.41) is 6.00. The Bertz CT molecular complexity index is 972. The zero-order valence-corrected chi connectivity index (χ0v) is 18.9. The molecule has 2 fully saturated rings. The van der Waals surface area contributed by atoms with E-state index in [0.29, 0.717) is 34.2 Å². The van der Waals surface area contributed by atoms with Crippen molar-refractivity contribution >= 4 is 23.2 Å². The molecule has 0 radical (unpaired) electrons. The summed E-state index contributed by atoms with van der Waals surface area (Å²) >= 11 is 0. The standard InChI is InChI=1S/C25H31N3O4/c1-16-11-13-28(14-12-16)20-10-9-18(15-19(20)24(29)26-17-7-8-17)27-25(30)23-21(31-2)5-4-6-22(23)32-3/h4-6,9-10,15-17H,7-8,11-14H2,1-3H3,(H,26,29)(H,27,30). The first-order valence-corrected chi connectivity index (χ1v) is 11.2. The molecular weight excluding hydrogens is 406 g/mol. The number of hydrogen-bond acceptors (Lipinski definition) is 5. The van der Waals surface area contributed by atoms with Gasteiger partial charge < -0.3 is 25.0 Å². The molecule has 2 amide bonds. The quantitative estimate of drug-likeness (QED) is 0.682. The van der Waals surface area contributed by atoms with E-state index in [0.717, 1.165) is 44.5 Å². The van der Waals surface area contributed by atoms with Crippen LogP contribution < -0.4 is 25.0 Å². The Morgan fingerprint density at radius 2 is 1.59 bits per heavy atom. The predicted molar refractivity (Wildman–Crippen MR) is 125 cm³/mol. The second-order valence-corrected chi connectivity index (χ2v) is 8.64. The van der Waals surface area contributed by atoms with Crippen LogP contribution in [-0.4, -0.2) is 45.2 Å². The molecule has 0 unspecified atom stereocenters. The molecule has 7 nitrogen and oxygen atoms in total. The summed E-state index contributed by atoms with van der Waals surface area (Å²) in [6.45, 7) is 4.12. The molecule has 0 spiro atoms. The average molecular weight is 438 g/mol. The SMILES string of the molecule is COc1cccc(OC)c1C(=O)Nc1ccc(N2CCC(C)CC2)c(C(=O)NC2CC2)c1. The number of carbonyl (C=O) groups is 2. The predicted octanol–water partition coefficient (Wildman–Crippen LogP) is 4.08. The van der Waals surface area contributed by atoms with Gasteiger partial charge in [-0.25, -0.2) is 0 Å². The van der Waals surface area contributed by atoms with Crippen molar-refractivity contribution in [3.63, 3.8) is 0 Å². The van der Waals surface area contributed by atoms with E-state index in [-0.39, 0.29) is 17.9 Å². The number of rotatable bonds is 7. The fourth-order valence-corrected chi connectivity index (χ4v) is 4.08. The van der Waals surface area contributed by atoms with Crippen LogP contribution in [0, 0.1) is 5.92 Å². The molecule has 170 valence electrons. The van der Waals surface area contributed by atoms with Gasteiger partial charge in [-0.1, -0.05) is 13.0 Å². The van der Waals surface area contributed by atoms with Crippen molar-refractivity contribution in [2.75, 3.05) is 37.5 Å². The number of carbonyl (C=O) groups excluding carboxylic acids is 2. The number of piperidine rings is 1. The van der Waals surface area contributed by atoms with E-state index in [4.69, 9.17) is 9.47 Å². The lowest BCUT2D eigenvalue weighted by Crippen LogP contribution is -2.35. The van der Waals surface area contributed by atoms with Gasteiger partial charge in [-0.05, 0) is 61.9 Å². The smallest absolute Gasteiger partial charge is 0.263 e. The average Bonchev–Trinajstić information content (AvgIpc) is 3.63. The van der Waals surface area contributed by atoms with Crippen LogP contribution in [-0.2, 0) is 0 Å². The zero-order valence-electron chi connectivity index (χ0n) is 18.9. The first kappa shape index (κ1) is 22.0. The Labute approximate surface area is 189 Å². The molecule has 1 aliphatic heterocycles. The van der Waals surface area contributed by atoms with Gasteiger partial charge in [0.15, 0.2) is 0 Å². The van der Waals surface area contributed by atoms with E-state index in [2.05, 4.69) is 22.5 Å². The van der Waals surface area contributed by atoms with E-state index in [1.165, 1.54) is 14.2 Å². The second-order valence-electron chi connectivity index (χ2n) is 8.64. The number of nitrogens with one attached hydrogen (secondary N) is 2. The van der Waals surface area contributed by atoms with Gasteiger partial charge in [0.05, 0.1) is 19.8 Å². The Hall–Kier alpha value is -3.22. The van der Waals surface area contributed by atoms with Crippen LogP contribution in [0.1, 0.15) is 53.3 Å². The highest BCUT2D eigenvalue weighted by atomic mass is 16.5. The molecule has 1 saturated heterocycles. The van der Waals surface area contributed by atoms with Crippen molar-refractivity contribution < 1.29 is 19.1 Å². The molecule has 1 aliphatic carbocycles. The molecule has 32 heavy (non-hydrogen) atoms. The molecule has 1 saturated carbocycles. The Morgan fingerprint density at radius 1 is 0.938 bits per heavy atom. The molecule has 2 aliphatic rings. The summed E-state index contributed by atoms with van der Waals surface area (Å²) in [6, 6.07) is 11.0. The molecule has 4 rings (SSSR count).